The molecule has 3 N–H and O–H groups in total. The summed E-state index contributed by atoms with van der Waals surface area (Å²) in [5.41, 5.74) is 1.72. The molecule has 3 aromatic carbocycles. The van der Waals surface area contributed by atoms with Gasteiger partial charge in [-0.05, 0) is 65.6 Å². The fraction of sp³-hybridized carbons (Fsp3) is 0.321. The van der Waals surface area contributed by atoms with Gasteiger partial charge in [-0.1, -0.05) is 63.2 Å². The molecule has 1 amide bonds. The molecule has 0 heterocycles. The second-order valence-electron chi connectivity index (χ2n) is 9.73. The van der Waals surface area contributed by atoms with E-state index < -0.39 is 21.9 Å². The van der Waals surface area contributed by atoms with Crippen LogP contribution < -0.4 is 4.72 Å². The third-order valence-corrected chi connectivity index (χ3v) is 7.36. The van der Waals surface area contributed by atoms with Gasteiger partial charge in [0.15, 0.2) is 0 Å². The van der Waals surface area contributed by atoms with Gasteiger partial charge in [-0.25, -0.2) is 17.6 Å². The SMILES string of the molecule is CC(C)Cc1cc(F)ccc1S(=O)(=O)Nc1cccc(C[C@@H](C)CN(Cc2ccccc2)C(=O)O)c1O. The largest absolute Gasteiger partial charge is 0.505 e. The first-order valence-electron chi connectivity index (χ1n) is 12.1. The summed E-state index contributed by atoms with van der Waals surface area (Å²) in [5, 5.41) is 20.5. The summed E-state index contributed by atoms with van der Waals surface area (Å²) in [4.78, 5) is 13.1. The molecule has 0 fully saturated rings. The third kappa shape index (κ3) is 7.69. The zero-order valence-electron chi connectivity index (χ0n) is 21.2. The van der Waals surface area contributed by atoms with Crippen molar-refractivity contribution < 1.29 is 27.8 Å². The van der Waals surface area contributed by atoms with Gasteiger partial charge in [-0.3, -0.25) is 4.72 Å². The molecule has 9 heteroatoms. The highest BCUT2D eigenvalue weighted by Gasteiger charge is 2.23. The first-order valence-corrected chi connectivity index (χ1v) is 13.6. The summed E-state index contributed by atoms with van der Waals surface area (Å²) >= 11 is 0. The number of anilines is 1. The van der Waals surface area contributed by atoms with Crippen molar-refractivity contribution in [3.63, 3.8) is 0 Å². The molecule has 0 aromatic heterocycles. The molecular formula is C28H33FN2O5S. The summed E-state index contributed by atoms with van der Waals surface area (Å²) < 4.78 is 42.6. The zero-order valence-corrected chi connectivity index (χ0v) is 22.0. The molecular weight excluding hydrogens is 495 g/mol. The summed E-state index contributed by atoms with van der Waals surface area (Å²) in [6.07, 6.45) is -0.339. The number of aromatic hydroxyl groups is 1. The van der Waals surface area contributed by atoms with Crippen molar-refractivity contribution in [2.45, 2.75) is 45.1 Å². The minimum atomic E-state index is -4.10. The zero-order chi connectivity index (χ0) is 27.2. The number of nitrogens with zero attached hydrogens (tertiary/aromatic N) is 1. The number of para-hydroxylation sites is 1. The topological polar surface area (TPSA) is 107 Å². The van der Waals surface area contributed by atoms with E-state index in [0.717, 1.165) is 11.6 Å². The van der Waals surface area contributed by atoms with Gasteiger partial charge in [0.05, 0.1) is 10.6 Å². The average molecular weight is 529 g/mol. The number of sulfonamides is 1. The maximum atomic E-state index is 13.8. The number of hydrogen-bond donors (Lipinski definition) is 3. The van der Waals surface area contributed by atoms with Crippen molar-refractivity contribution >= 4 is 21.8 Å². The molecule has 0 radical (unpaired) electrons. The van der Waals surface area contributed by atoms with E-state index in [0.29, 0.717) is 24.0 Å². The standard InChI is InChI=1S/C28H33FN2O5S/c1-19(2)14-23-16-24(29)12-13-26(23)37(35,36)30-25-11-7-10-22(27(25)32)15-20(3)17-31(28(33)34)18-21-8-5-4-6-9-21/h4-13,16,19-20,30,32H,14-15,17-18H2,1-3H3,(H,33,34)/t20-/m1/s1. The minimum absolute atomic E-state index is 0.00361. The lowest BCUT2D eigenvalue weighted by atomic mass is 9.99. The molecule has 0 aliphatic heterocycles. The Bertz CT molecular complexity index is 1330. The number of nitrogens with one attached hydrogen (secondary N) is 1. The Balaban J connectivity index is 1.77. The fourth-order valence-corrected chi connectivity index (χ4v) is 5.58. The lowest BCUT2D eigenvalue weighted by Gasteiger charge is -2.24. The first-order chi connectivity index (χ1) is 17.5. The van der Waals surface area contributed by atoms with Gasteiger partial charge in [0, 0.05) is 13.1 Å². The van der Waals surface area contributed by atoms with E-state index in [1.165, 1.54) is 23.1 Å². The van der Waals surface area contributed by atoms with E-state index in [4.69, 9.17) is 0 Å². The molecule has 0 saturated carbocycles. The molecule has 1 atom stereocenters. The Morgan fingerprint density at radius 1 is 0.973 bits per heavy atom. The predicted molar refractivity (Wildman–Crippen MR) is 142 cm³/mol. The van der Waals surface area contributed by atoms with Crippen molar-refractivity contribution in [3.05, 3.63) is 89.2 Å². The lowest BCUT2D eigenvalue weighted by Crippen LogP contribution is -2.33. The van der Waals surface area contributed by atoms with Gasteiger partial charge in [-0.15, -0.1) is 0 Å². The van der Waals surface area contributed by atoms with Crippen molar-refractivity contribution in [3.8, 4) is 5.75 Å². The van der Waals surface area contributed by atoms with E-state index >= 15 is 0 Å². The molecule has 3 rings (SSSR count). The number of benzene rings is 3. The van der Waals surface area contributed by atoms with Crippen LogP contribution in [0.15, 0.2) is 71.6 Å². The van der Waals surface area contributed by atoms with Crippen molar-refractivity contribution in [1.82, 2.24) is 4.90 Å². The van der Waals surface area contributed by atoms with Crippen LogP contribution in [0, 0.1) is 17.7 Å². The Morgan fingerprint density at radius 3 is 2.32 bits per heavy atom. The van der Waals surface area contributed by atoms with Crippen molar-refractivity contribution in [2.24, 2.45) is 11.8 Å². The van der Waals surface area contributed by atoms with Crippen LogP contribution in [0.1, 0.15) is 37.5 Å². The molecule has 0 aliphatic rings. The second kappa shape index (κ2) is 12.1. The number of hydrogen-bond acceptors (Lipinski definition) is 4. The number of carbonyl (C=O) groups is 1. The van der Waals surface area contributed by atoms with Crippen LogP contribution in [0.4, 0.5) is 14.9 Å². The average Bonchev–Trinajstić information content (AvgIpc) is 2.81. The molecule has 0 bridgehead atoms. The van der Waals surface area contributed by atoms with E-state index in [9.17, 15) is 27.8 Å². The van der Waals surface area contributed by atoms with Crippen LogP contribution in [0.25, 0.3) is 0 Å². The summed E-state index contributed by atoms with van der Waals surface area (Å²) in [5.74, 6) is -0.792. The van der Waals surface area contributed by atoms with Crippen LogP contribution in [0.5, 0.6) is 5.75 Å². The Hall–Kier alpha value is -3.59. The quantitative estimate of drug-likeness (QED) is 0.269. The Labute approximate surface area is 217 Å². The Kier molecular flexibility index (Phi) is 9.15. The maximum Gasteiger partial charge on any atom is 0.407 e. The van der Waals surface area contributed by atoms with Gasteiger partial charge >= 0.3 is 6.09 Å². The van der Waals surface area contributed by atoms with Crippen LogP contribution in [-0.2, 0) is 29.4 Å². The molecule has 198 valence electrons. The number of carboxylic acid groups (broad SMARTS) is 1. The number of phenolic OH excluding ortho intramolecular Hbond substituents is 1. The number of rotatable bonds is 11. The molecule has 37 heavy (non-hydrogen) atoms. The van der Waals surface area contributed by atoms with Gasteiger partial charge in [-0.2, -0.15) is 0 Å². The highest BCUT2D eigenvalue weighted by molar-refractivity contribution is 7.92. The van der Waals surface area contributed by atoms with Crippen molar-refractivity contribution in [1.29, 1.82) is 0 Å². The second-order valence-corrected chi connectivity index (χ2v) is 11.4. The van der Waals surface area contributed by atoms with E-state index in [1.54, 1.807) is 12.1 Å². The van der Waals surface area contributed by atoms with E-state index in [1.807, 2.05) is 51.1 Å². The molecule has 3 aromatic rings. The van der Waals surface area contributed by atoms with Crippen LogP contribution >= 0.6 is 0 Å². The monoisotopic (exact) mass is 528 g/mol. The molecule has 0 unspecified atom stereocenters. The predicted octanol–water partition coefficient (Wildman–Crippen LogP) is 5.89. The van der Waals surface area contributed by atoms with E-state index in [2.05, 4.69) is 4.72 Å². The molecule has 0 spiro atoms. The highest BCUT2D eigenvalue weighted by Crippen LogP contribution is 2.32. The number of amides is 1. The normalized spacial score (nSPS) is 12.4. The third-order valence-electron chi connectivity index (χ3n) is 5.89. The number of halogens is 1. The van der Waals surface area contributed by atoms with Crippen LogP contribution in [-0.4, -0.2) is 36.2 Å². The summed E-state index contributed by atoms with van der Waals surface area (Å²) in [6.45, 7) is 6.16. The van der Waals surface area contributed by atoms with Gasteiger partial charge in [0.25, 0.3) is 10.0 Å². The number of phenols is 1. The van der Waals surface area contributed by atoms with Gasteiger partial charge < -0.3 is 15.1 Å². The minimum Gasteiger partial charge on any atom is -0.505 e. The maximum absolute atomic E-state index is 13.8. The Morgan fingerprint density at radius 2 is 1.68 bits per heavy atom. The lowest BCUT2D eigenvalue weighted by molar-refractivity contribution is 0.134. The highest BCUT2D eigenvalue weighted by atomic mass is 32.2. The summed E-state index contributed by atoms with van der Waals surface area (Å²) in [7, 11) is -4.10. The fourth-order valence-electron chi connectivity index (χ4n) is 4.28. The summed E-state index contributed by atoms with van der Waals surface area (Å²) in [6, 6.07) is 17.6. The van der Waals surface area contributed by atoms with Gasteiger partial charge in [0.1, 0.15) is 11.6 Å². The molecule has 7 nitrogen and oxygen atoms in total. The van der Waals surface area contributed by atoms with Gasteiger partial charge in [0.2, 0.25) is 0 Å². The molecule has 0 saturated heterocycles. The van der Waals surface area contributed by atoms with Crippen molar-refractivity contribution in [2.75, 3.05) is 11.3 Å². The van der Waals surface area contributed by atoms with E-state index in [-0.39, 0.29) is 41.3 Å². The smallest absolute Gasteiger partial charge is 0.407 e. The first kappa shape index (κ1) is 28.0. The van der Waals surface area contributed by atoms with Crippen LogP contribution in [0.3, 0.4) is 0 Å². The molecule has 0 aliphatic carbocycles. The van der Waals surface area contributed by atoms with Crippen LogP contribution in [0.2, 0.25) is 0 Å².